The van der Waals surface area contributed by atoms with Crippen molar-refractivity contribution in [3.8, 4) is 5.75 Å². The quantitative estimate of drug-likeness (QED) is 0.634. The van der Waals surface area contributed by atoms with Crippen molar-refractivity contribution >= 4 is 26.9 Å². The molecule has 112 valence electrons. The molecule has 0 aliphatic carbocycles. The van der Waals surface area contributed by atoms with Gasteiger partial charge in [-0.3, -0.25) is 0 Å². The molecule has 1 heterocycles. The number of fused-ring (bicyclic) bond motifs is 1. The summed E-state index contributed by atoms with van der Waals surface area (Å²) in [4.78, 5) is 11.8. The first-order valence-electron chi connectivity index (χ1n) is 6.96. The van der Waals surface area contributed by atoms with Crippen LogP contribution in [0.5, 0.6) is 5.75 Å². The second kappa shape index (κ2) is 5.97. The average molecular weight is 359 g/mol. The second-order valence-electron chi connectivity index (χ2n) is 5.18. The molecule has 3 aromatic rings. The molecule has 1 aromatic heterocycles. The maximum atomic E-state index is 11.8. The summed E-state index contributed by atoms with van der Waals surface area (Å²) >= 11 is 3.50. The zero-order valence-electron chi connectivity index (χ0n) is 12.4. The van der Waals surface area contributed by atoms with Crippen molar-refractivity contribution in [2.24, 2.45) is 0 Å². The Morgan fingerprint density at radius 2 is 1.86 bits per heavy atom. The summed E-state index contributed by atoms with van der Waals surface area (Å²) in [6.45, 7) is 4.15. The number of halogens is 1. The van der Waals surface area contributed by atoms with E-state index >= 15 is 0 Å². The number of hydrogen-bond donors (Lipinski definition) is 0. The highest BCUT2D eigenvalue weighted by Gasteiger charge is 2.08. The fourth-order valence-electron chi connectivity index (χ4n) is 2.29. The molecule has 0 N–H and O–H groups in total. The average Bonchev–Trinajstić information content (AvgIpc) is 2.52. The van der Waals surface area contributed by atoms with Gasteiger partial charge in [0.2, 0.25) is 0 Å². The van der Waals surface area contributed by atoms with Crippen LogP contribution < -0.4 is 10.4 Å². The van der Waals surface area contributed by atoms with E-state index in [0.717, 1.165) is 21.0 Å². The first kappa shape index (κ1) is 14.9. The third-order valence-corrected chi connectivity index (χ3v) is 4.55. The minimum atomic E-state index is -0.298. The predicted molar refractivity (Wildman–Crippen MR) is 90.4 cm³/mol. The van der Waals surface area contributed by atoms with E-state index in [-0.39, 0.29) is 5.63 Å². The fourth-order valence-corrected chi connectivity index (χ4v) is 2.69. The molecule has 0 unspecified atom stereocenters. The summed E-state index contributed by atoms with van der Waals surface area (Å²) in [7, 11) is 0. The first-order chi connectivity index (χ1) is 10.6. The Kier molecular flexibility index (Phi) is 4.03. The summed E-state index contributed by atoms with van der Waals surface area (Å²) < 4.78 is 12.2. The Labute approximate surface area is 136 Å². The summed E-state index contributed by atoms with van der Waals surface area (Å²) in [5.74, 6) is 0.676. The SMILES string of the molecule is Cc1c(C)c2ccc(OCc3ccccc3Br)cc2oc1=O. The smallest absolute Gasteiger partial charge is 0.339 e. The number of ether oxygens (including phenoxy) is 1. The molecule has 0 fully saturated rings. The molecule has 0 atom stereocenters. The molecule has 3 nitrogen and oxygen atoms in total. The summed E-state index contributed by atoms with van der Waals surface area (Å²) in [5, 5.41) is 0.936. The Hall–Kier alpha value is -2.07. The molecule has 0 saturated heterocycles. The number of rotatable bonds is 3. The topological polar surface area (TPSA) is 39.4 Å². The molecule has 0 spiro atoms. The number of aryl methyl sites for hydroxylation is 1. The summed E-state index contributed by atoms with van der Waals surface area (Å²) in [6.07, 6.45) is 0. The van der Waals surface area contributed by atoms with Crippen molar-refractivity contribution in [3.05, 3.63) is 74.0 Å². The molecule has 0 aliphatic rings. The van der Waals surface area contributed by atoms with Crippen molar-refractivity contribution in [3.63, 3.8) is 0 Å². The highest BCUT2D eigenvalue weighted by atomic mass is 79.9. The van der Waals surface area contributed by atoms with Gasteiger partial charge >= 0.3 is 5.63 Å². The maximum Gasteiger partial charge on any atom is 0.339 e. The van der Waals surface area contributed by atoms with Gasteiger partial charge in [-0.25, -0.2) is 4.79 Å². The minimum Gasteiger partial charge on any atom is -0.489 e. The van der Waals surface area contributed by atoms with Crippen molar-refractivity contribution < 1.29 is 9.15 Å². The van der Waals surface area contributed by atoms with Gasteiger partial charge in [0.15, 0.2) is 0 Å². The van der Waals surface area contributed by atoms with Crippen LogP contribution in [-0.2, 0) is 6.61 Å². The zero-order chi connectivity index (χ0) is 15.7. The lowest BCUT2D eigenvalue weighted by molar-refractivity contribution is 0.305. The van der Waals surface area contributed by atoms with E-state index in [1.165, 1.54) is 0 Å². The number of benzene rings is 2. The van der Waals surface area contributed by atoms with Crippen LogP contribution in [0.15, 0.2) is 56.1 Å². The third-order valence-electron chi connectivity index (χ3n) is 3.78. The Morgan fingerprint density at radius 1 is 1.09 bits per heavy atom. The normalized spacial score (nSPS) is 10.9. The molecule has 0 bridgehead atoms. The molecule has 4 heteroatoms. The zero-order valence-corrected chi connectivity index (χ0v) is 13.9. The van der Waals surface area contributed by atoms with Gasteiger partial charge in [0.1, 0.15) is 17.9 Å². The van der Waals surface area contributed by atoms with E-state index in [2.05, 4.69) is 15.9 Å². The van der Waals surface area contributed by atoms with Gasteiger partial charge in [-0.2, -0.15) is 0 Å². The van der Waals surface area contributed by atoms with Crippen LogP contribution in [0.1, 0.15) is 16.7 Å². The Morgan fingerprint density at radius 3 is 2.64 bits per heavy atom. The van der Waals surface area contributed by atoms with Gasteiger partial charge in [-0.15, -0.1) is 0 Å². The van der Waals surface area contributed by atoms with E-state index in [1.807, 2.05) is 43.3 Å². The third kappa shape index (κ3) is 2.79. The van der Waals surface area contributed by atoms with Gasteiger partial charge in [0, 0.05) is 27.1 Å². The largest absolute Gasteiger partial charge is 0.489 e. The van der Waals surface area contributed by atoms with Crippen molar-refractivity contribution in [1.29, 1.82) is 0 Å². The van der Waals surface area contributed by atoms with Gasteiger partial charge in [-0.05, 0) is 37.6 Å². The van der Waals surface area contributed by atoms with Gasteiger partial charge < -0.3 is 9.15 Å². The molecule has 3 rings (SSSR count). The first-order valence-corrected chi connectivity index (χ1v) is 7.76. The van der Waals surface area contributed by atoms with Crippen LogP contribution in [0, 0.1) is 13.8 Å². The van der Waals surface area contributed by atoms with E-state index in [0.29, 0.717) is 23.5 Å². The second-order valence-corrected chi connectivity index (χ2v) is 6.03. The monoisotopic (exact) mass is 358 g/mol. The van der Waals surface area contributed by atoms with E-state index < -0.39 is 0 Å². The lowest BCUT2D eigenvalue weighted by Gasteiger charge is -2.09. The molecule has 22 heavy (non-hydrogen) atoms. The Balaban J connectivity index is 1.91. The van der Waals surface area contributed by atoms with E-state index in [1.54, 1.807) is 13.0 Å². The summed E-state index contributed by atoms with van der Waals surface area (Å²) in [5.41, 5.74) is 2.91. The standard InChI is InChI=1S/C18H15BrO3/c1-11-12(2)18(20)22-17-9-14(7-8-15(11)17)21-10-13-5-3-4-6-16(13)19/h3-9H,10H2,1-2H3. The van der Waals surface area contributed by atoms with Crippen LogP contribution in [0.2, 0.25) is 0 Å². The van der Waals surface area contributed by atoms with Crippen molar-refractivity contribution in [2.75, 3.05) is 0 Å². The number of hydrogen-bond acceptors (Lipinski definition) is 3. The highest BCUT2D eigenvalue weighted by Crippen LogP contribution is 2.25. The van der Waals surface area contributed by atoms with E-state index in [9.17, 15) is 4.79 Å². The van der Waals surface area contributed by atoms with Crippen molar-refractivity contribution in [1.82, 2.24) is 0 Å². The van der Waals surface area contributed by atoms with Crippen LogP contribution in [-0.4, -0.2) is 0 Å². The molecule has 0 saturated carbocycles. The maximum absolute atomic E-state index is 11.8. The van der Waals surface area contributed by atoms with Gasteiger partial charge in [0.25, 0.3) is 0 Å². The lowest BCUT2D eigenvalue weighted by atomic mass is 10.1. The van der Waals surface area contributed by atoms with Crippen LogP contribution in [0.3, 0.4) is 0 Å². The predicted octanol–water partition coefficient (Wildman–Crippen LogP) is 4.75. The van der Waals surface area contributed by atoms with Crippen LogP contribution in [0.25, 0.3) is 11.0 Å². The molecule has 2 aromatic carbocycles. The summed E-state index contributed by atoms with van der Waals surface area (Å²) in [6, 6.07) is 13.5. The fraction of sp³-hybridized carbons (Fsp3) is 0.167. The van der Waals surface area contributed by atoms with Crippen molar-refractivity contribution in [2.45, 2.75) is 20.5 Å². The van der Waals surface area contributed by atoms with E-state index in [4.69, 9.17) is 9.15 Å². The highest BCUT2D eigenvalue weighted by molar-refractivity contribution is 9.10. The van der Waals surface area contributed by atoms with Crippen LogP contribution >= 0.6 is 15.9 Å². The molecular weight excluding hydrogens is 344 g/mol. The minimum absolute atomic E-state index is 0.298. The Bertz CT molecular complexity index is 896. The van der Waals surface area contributed by atoms with Crippen LogP contribution in [0.4, 0.5) is 0 Å². The molecule has 0 aliphatic heterocycles. The van der Waals surface area contributed by atoms with Gasteiger partial charge in [-0.1, -0.05) is 34.1 Å². The molecular formula is C18H15BrO3. The molecule has 0 radical (unpaired) electrons. The van der Waals surface area contributed by atoms with Gasteiger partial charge in [0.05, 0.1) is 0 Å². The molecule has 0 amide bonds. The lowest BCUT2D eigenvalue weighted by Crippen LogP contribution is -2.05.